The summed E-state index contributed by atoms with van der Waals surface area (Å²) in [5.41, 5.74) is 0.811. The van der Waals surface area contributed by atoms with Crippen LogP contribution in [0.25, 0.3) is 17.5 Å². The van der Waals surface area contributed by atoms with Gasteiger partial charge in [-0.05, 0) is 48.1 Å². The van der Waals surface area contributed by atoms with Crippen LogP contribution in [0, 0.1) is 4.77 Å². The first-order valence-electron chi connectivity index (χ1n) is 9.57. The third-order valence-electron chi connectivity index (χ3n) is 4.74. The van der Waals surface area contributed by atoms with E-state index in [1.54, 1.807) is 54.6 Å². The van der Waals surface area contributed by atoms with Gasteiger partial charge in [0.15, 0.2) is 10.6 Å². The first-order chi connectivity index (χ1) is 15.1. The van der Waals surface area contributed by atoms with Crippen LogP contribution in [0.15, 0.2) is 102 Å². The molecule has 31 heavy (non-hydrogen) atoms. The summed E-state index contributed by atoms with van der Waals surface area (Å²) in [6.45, 7) is 0. The number of aromatic nitrogens is 2. The van der Waals surface area contributed by atoms with Crippen LogP contribution in [0.4, 0.5) is 0 Å². The molecule has 0 aliphatic carbocycles. The summed E-state index contributed by atoms with van der Waals surface area (Å²) in [5, 5.41) is 11.0. The Hall–Kier alpha value is -4.03. The van der Waals surface area contributed by atoms with E-state index in [1.165, 1.54) is 15.2 Å². The number of benzene rings is 3. The second kappa shape index (κ2) is 8.77. The molecular formula is C25H18N2O3S. The van der Waals surface area contributed by atoms with Gasteiger partial charge in [-0.15, -0.1) is 0 Å². The Morgan fingerprint density at radius 2 is 1.26 bits per heavy atom. The molecule has 4 rings (SSSR count). The second-order valence-electron chi connectivity index (χ2n) is 6.74. The van der Waals surface area contributed by atoms with Crippen molar-refractivity contribution < 1.29 is 9.90 Å². The zero-order valence-electron chi connectivity index (χ0n) is 16.4. The fourth-order valence-electron chi connectivity index (χ4n) is 3.25. The normalized spacial score (nSPS) is 11.0. The molecule has 0 unspecified atom stereocenters. The average Bonchev–Trinajstić information content (AvgIpc) is 2.80. The highest BCUT2D eigenvalue weighted by Crippen LogP contribution is 2.23. The summed E-state index contributed by atoms with van der Waals surface area (Å²) in [6, 6.07) is 26.9. The minimum Gasteiger partial charge on any atom is -0.493 e. The van der Waals surface area contributed by atoms with Crippen LogP contribution in [-0.4, -0.2) is 20.0 Å². The van der Waals surface area contributed by atoms with E-state index in [-0.39, 0.29) is 10.3 Å². The molecule has 0 amide bonds. The largest absolute Gasteiger partial charge is 0.493 e. The van der Waals surface area contributed by atoms with Crippen molar-refractivity contribution in [2.24, 2.45) is 0 Å². The molecular weight excluding hydrogens is 408 g/mol. The summed E-state index contributed by atoms with van der Waals surface area (Å²) >= 11 is 5.55. The van der Waals surface area contributed by atoms with Gasteiger partial charge in [0.05, 0.1) is 11.4 Å². The number of carbonyl (C=O) groups excluding carboxylic acids is 1. The number of nitrogens with zero attached hydrogens (tertiary/aromatic N) is 2. The molecule has 0 radical (unpaired) electrons. The van der Waals surface area contributed by atoms with Crippen LogP contribution in [0.1, 0.15) is 15.9 Å². The summed E-state index contributed by atoms with van der Waals surface area (Å²) in [7, 11) is 0. The lowest BCUT2D eigenvalue weighted by molar-refractivity contribution is 0.104. The first kappa shape index (κ1) is 20.3. The molecule has 0 atom stereocenters. The highest BCUT2D eigenvalue weighted by atomic mass is 32.1. The van der Waals surface area contributed by atoms with E-state index in [2.05, 4.69) is 0 Å². The van der Waals surface area contributed by atoms with Crippen molar-refractivity contribution >= 4 is 24.1 Å². The van der Waals surface area contributed by atoms with E-state index in [9.17, 15) is 14.7 Å². The zero-order valence-corrected chi connectivity index (χ0v) is 17.2. The third-order valence-corrected chi connectivity index (χ3v) is 5.10. The molecule has 0 aliphatic rings. The minimum atomic E-state index is -0.677. The Labute approximate surface area is 183 Å². The number of hydrogen-bond donors (Lipinski definition) is 1. The van der Waals surface area contributed by atoms with E-state index >= 15 is 0 Å². The van der Waals surface area contributed by atoms with Gasteiger partial charge < -0.3 is 5.11 Å². The molecule has 0 saturated heterocycles. The van der Waals surface area contributed by atoms with Crippen LogP contribution in [-0.2, 0) is 0 Å². The van der Waals surface area contributed by atoms with Gasteiger partial charge in [-0.1, -0.05) is 72.8 Å². The molecule has 0 fully saturated rings. The summed E-state index contributed by atoms with van der Waals surface area (Å²) in [4.78, 5) is 26.3. The maximum absolute atomic E-state index is 13.3. The number of aromatic hydroxyl groups is 1. The average molecular weight is 426 g/mol. The molecule has 1 heterocycles. The predicted octanol–water partition coefficient (Wildman–Crippen LogP) is 4.96. The number of ketones is 1. The number of para-hydroxylation sites is 2. The van der Waals surface area contributed by atoms with Gasteiger partial charge in [-0.25, -0.2) is 0 Å². The van der Waals surface area contributed by atoms with Crippen molar-refractivity contribution in [3.8, 4) is 17.3 Å². The number of allylic oxidation sites excluding steroid dienone is 1. The van der Waals surface area contributed by atoms with E-state index in [1.807, 2.05) is 42.5 Å². The van der Waals surface area contributed by atoms with Gasteiger partial charge in [-0.3, -0.25) is 18.7 Å². The van der Waals surface area contributed by atoms with Gasteiger partial charge in [0.25, 0.3) is 5.56 Å². The van der Waals surface area contributed by atoms with Crippen molar-refractivity contribution in [2.75, 3.05) is 0 Å². The Bertz CT molecular complexity index is 1370. The molecule has 1 aromatic heterocycles. The van der Waals surface area contributed by atoms with Crippen molar-refractivity contribution in [1.82, 2.24) is 9.13 Å². The van der Waals surface area contributed by atoms with Crippen LogP contribution in [0.2, 0.25) is 0 Å². The molecule has 0 saturated carbocycles. The third kappa shape index (κ3) is 4.01. The maximum atomic E-state index is 13.3. The second-order valence-corrected chi connectivity index (χ2v) is 7.10. The standard InChI is InChI=1S/C25H18N2O3S/c28-21(17-16-18-10-4-1-5-11-18)22-23(29)26(19-12-6-2-7-13-19)25(31)27(24(22)30)20-14-8-3-9-15-20/h1-17,29H/b17-16+. The van der Waals surface area contributed by atoms with Gasteiger partial charge in [0.2, 0.25) is 5.88 Å². The van der Waals surface area contributed by atoms with Gasteiger partial charge >= 0.3 is 0 Å². The number of rotatable bonds is 5. The topological polar surface area (TPSA) is 64.2 Å². The Kier molecular flexibility index (Phi) is 5.73. The van der Waals surface area contributed by atoms with E-state index in [0.29, 0.717) is 11.4 Å². The van der Waals surface area contributed by atoms with Gasteiger partial charge in [0, 0.05) is 0 Å². The van der Waals surface area contributed by atoms with Crippen molar-refractivity contribution in [1.29, 1.82) is 0 Å². The molecule has 4 aromatic rings. The lowest BCUT2D eigenvalue weighted by Crippen LogP contribution is -2.29. The molecule has 5 nitrogen and oxygen atoms in total. The smallest absolute Gasteiger partial charge is 0.274 e. The minimum absolute atomic E-state index is 0.0588. The highest BCUT2D eigenvalue weighted by Gasteiger charge is 2.23. The van der Waals surface area contributed by atoms with Crippen LogP contribution in [0.5, 0.6) is 5.88 Å². The Morgan fingerprint density at radius 1 is 0.774 bits per heavy atom. The van der Waals surface area contributed by atoms with Crippen LogP contribution < -0.4 is 5.56 Å². The molecule has 0 bridgehead atoms. The predicted molar refractivity (Wildman–Crippen MR) is 124 cm³/mol. The quantitative estimate of drug-likeness (QED) is 0.278. The molecule has 0 aliphatic heterocycles. The summed E-state index contributed by atoms with van der Waals surface area (Å²) in [6.07, 6.45) is 2.88. The number of hydrogen-bond acceptors (Lipinski definition) is 4. The molecule has 152 valence electrons. The summed E-state index contributed by atoms with van der Waals surface area (Å²) < 4.78 is 2.64. The van der Waals surface area contributed by atoms with Crippen molar-refractivity contribution in [2.45, 2.75) is 0 Å². The molecule has 6 heteroatoms. The Balaban J connectivity index is 1.97. The molecule has 1 N–H and O–H groups in total. The lowest BCUT2D eigenvalue weighted by atomic mass is 10.1. The SMILES string of the molecule is O=C(/C=C/c1ccccc1)c1c(O)n(-c2ccccc2)c(=S)n(-c2ccccc2)c1=O. The van der Waals surface area contributed by atoms with Gasteiger partial charge in [0.1, 0.15) is 5.56 Å². The molecule has 3 aromatic carbocycles. The van der Waals surface area contributed by atoms with E-state index in [0.717, 1.165) is 5.56 Å². The lowest BCUT2D eigenvalue weighted by Gasteiger charge is -2.16. The van der Waals surface area contributed by atoms with E-state index < -0.39 is 17.2 Å². The van der Waals surface area contributed by atoms with E-state index in [4.69, 9.17) is 12.2 Å². The van der Waals surface area contributed by atoms with Gasteiger partial charge in [-0.2, -0.15) is 0 Å². The maximum Gasteiger partial charge on any atom is 0.274 e. The van der Waals surface area contributed by atoms with Crippen molar-refractivity contribution in [3.63, 3.8) is 0 Å². The summed E-state index contributed by atoms with van der Waals surface area (Å²) in [5.74, 6) is -1.10. The fourth-order valence-corrected chi connectivity index (χ4v) is 3.63. The first-order valence-corrected chi connectivity index (χ1v) is 9.98. The van der Waals surface area contributed by atoms with Crippen molar-refractivity contribution in [3.05, 3.63) is 123 Å². The van der Waals surface area contributed by atoms with Crippen LogP contribution in [0.3, 0.4) is 0 Å². The zero-order chi connectivity index (χ0) is 21.8. The fraction of sp³-hybridized carbons (Fsp3) is 0. The Morgan fingerprint density at radius 3 is 1.81 bits per heavy atom. The van der Waals surface area contributed by atoms with Crippen LogP contribution >= 0.6 is 12.2 Å². The molecule has 0 spiro atoms. The highest BCUT2D eigenvalue weighted by molar-refractivity contribution is 7.71. The number of carbonyl (C=O) groups is 1. The monoisotopic (exact) mass is 426 g/mol.